The molecule has 0 aliphatic rings. The minimum Gasteiger partial charge on any atom is -0.481 e. The van der Waals surface area contributed by atoms with Gasteiger partial charge in [0.05, 0.1) is 5.54 Å². The van der Waals surface area contributed by atoms with Crippen molar-refractivity contribution < 1.29 is 39.3 Å². The van der Waals surface area contributed by atoms with Gasteiger partial charge in [0.1, 0.15) is 11.8 Å². The maximum atomic E-state index is 11.9. The van der Waals surface area contributed by atoms with Gasteiger partial charge >= 0.3 is 23.9 Å². The van der Waals surface area contributed by atoms with Gasteiger partial charge in [0.2, 0.25) is 0 Å². The third-order valence-corrected chi connectivity index (χ3v) is 3.22. The van der Waals surface area contributed by atoms with Crippen LogP contribution in [0.2, 0.25) is 0 Å². The molecule has 0 fully saturated rings. The van der Waals surface area contributed by atoms with Gasteiger partial charge in [0.25, 0.3) is 0 Å². The number of amides is 2. The number of nitrogens with one attached hydrogen (secondary N) is 2. The Morgan fingerprint density at radius 2 is 1.39 bits per heavy atom. The van der Waals surface area contributed by atoms with Crippen molar-refractivity contribution in [3.8, 4) is 0 Å². The van der Waals surface area contributed by atoms with Crippen LogP contribution in [0.3, 0.4) is 0 Å². The Labute approximate surface area is 131 Å². The van der Waals surface area contributed by atoms with Gasteiger partial charge in [-0.05, 0) is 26.7 Å². The molecular formula is C13H20N2O8. The molecule has 0 unspecified atom stereocenters. The molecule has 2 amide bonds. The molecule has 0 aliphatic heterocycles. The predicted octanol–water partition coefficient (Wildman–Crippen LogP) is -0.184. The van der Waals surface area contributed by atoms with Crippen LogP contribution < -0.4 is 10.6 Å². The highest BCUT2D eigenvalue weighted by Gasteiger charge is 2.37. The first-order valence-electron chi connectivity index (χ1n) is 6.68. The van der Waals surface area contributed by atoms with Crippen LogP contribution in [0, 0.1) is 0 Å². The second-order valence-corrected chi connectivity index (χ2v) is 5.54. The number of carbonyl (C=O) groups excluding carboxylic acids is 2. The number of aldehydes is 1. The van der Waals surface area contributed by atoms with Gasteiger partial charge in [0, 0.05) is 12.8 Å². The molecule has 130 valence electrons. The van der Waals surface area contributed by atoms with E-state index in [1.165, 1.54) is 6.92 Å². The van der Waals surface area contributed by atoms with E-state index in [4.69, 9.17) is 15.3 Å². The highest BCUT2D eigenvalue weighted by molar-refractivity contribution is 5.88. The molecule has 0 heterocycles. The van der Waals surface area contributed by atoms with E-state index in [0.717, 1.165) is 6.92 Å². The molecule has 23 heavy (non-hydrogen) atoms. The van der Waals surface area contributed by atoms with Crippen LogP contribution in [0.4, 0.5) is 4.79 Å². The summed E-state index contributed by atoms with van der Waals surface area (Å²) in [5.41, 5.74) is -3.34. The lowest BCUT2D eigenvalue weighted by Crippen LogP contribution is -2.59. The second kappa shape index (κ2) is 8.11. The fourth-order valence-electron chi connectivity index (χ4n) is 1.64. The van der Waals surface area contributed by atoms with Gasteiger partial charge in [-0.3, -0.25) is 9.59 Å². The standard InChI is InChI=1S/C13H20N2O8/c1-12(7-16,5-3-8(17)18)14-11(23)15-13(2,10(21)22)6-4-9(19)20/h7H,3-6H2,1-2H3,(H,17,18)(H,19,20)(H,21,22)(H2,14,15,23)/t12-,13-/m0/s1. The molecule has 2 atom stereocenters. The summed E-state index contributed by atoms with van der Waals surface area (Å²) in [7, 11) is 0. The largest absolute Gasteiger partial charge is 0.481 e. The Balaban J connectivity index is 4.91. The van der Waals surface area contributed by atoms with Crippen molar-refractivity contribution in [2.24, 2.45) is 0 Å². The summed E-state index contributed by atoms with van der Waals surface area (Å²) in [5.74, 6) is -3.82. The van der Waals surface area contributed by atoms with Gasteiger partial charge in [-0.2, -0.15) is 0 Å². The Hall–Kier alpha value is -2.65. The first-order chi connectivity index (χ1) is 10.4. The third kappa shape index (κ3) is 7.25. The normalized spacial score (nSPS) is 15.6. The molecule has 0 aliphatic carbocycles. The summed E-state index contributed by atoms with van der Waals surface area (Å²) in [6.07, 6.45) is -1.04. The number of carbonyl (C=O) groups is 5. The Morgan fingerprint density at radius 3 is 1.78 bits per heavy atom. The van der Waals surface area contributed by atoms with Gasteiger partial charge in [0.15, 0.2) is 0 Å². The summed E-state index contributed by atoms with van der Waals surface area (Å²) in [6.45, 7) is 2.42. The molecule has 10 nitrogen and oxygen atoms in total. The van der Waals surface area contributed by atoms with Crippen LogP contribution in [-0.4, -0.2) is 56.6 Å². The second-order valence-electron chi connectivity index (χ2n) is 5.54. The molecule has 0 aromatic heterocycles. The Bertz CT molecular complexity index is 506. The van der Waals surface area contributed by atoms with E-state index in [9.17, 15) is 24.0 Å². The Morgan fingerprint density at radius 1 is 0.913 bits per heavy atom. The highest BCUT2D eigenvalue weighted by Crippen LogP contribution is 2.14. The van der Waals surface area contributed by atoms with Gasteiger partial charge in [-0.25, -0.2) is 9.59 Å². The average molecular weight is 332 g/mol. The maximum Gasteiger partial charge on any atom is 0.329 e. The zero-order valence-electron chi connectivity index (χ0n) is 12.8. The van der Waals surface area contributed by atoms with Crippen LogP contribution in [0.5, 0.6) is 0 Å². The van der Waals surface area contributed by atoms with Crippen LogP contribution in [0.15, 0.2) is 0 Å². The van der Waals surface area contributed by atoms with Gasteiger partial charge < -0.3 is 30.7 Å². The molecule has 0 spiro atoms. The Kier molecular flexibility index (Phi) is 7.17. The zero-order chi connectivity index (χ0) is 18.3. The van der Waals surface area contributed by atoms with Crippen LogP contribution in [0.25, 0.3) is 0 Å². The first-order valence-corrected chi connectivity index (χ1v) is 6.68. The third-order valence-electron chi connectivity index (χ3n) is 3.22. The molecule has 0 rings (SSSR count). The van der Waals surface area contributed by atoms with E-state index in [1.54, 1.807) is 0 Å². The van der Waals surface area contributed by atoms with E-state index in [0.29, 0.717) is 6.29 Å². The minimum atomic E-state index is -1.85. The molecule has 0 saturated carbocycles. The van der Waals surface area contributed by atoms with Crippen molar-refractivity contribution in [2.75, 3.05) is 0 Å². The number of rotatable bonds is 10. The fraction of sp³-hybridized carbons (Fsp3) is 0.615. The summed E-state index contributed by atoms with van der Waals surface area (Å²) < 4.78 is 0. The van der Waals surface area contributed by atoms with E-state index in [-0.39, 0.29) is 19.3 Å². The summed E-state index contributed by atoms with van der Waals surface area (Å²) in [5, 5.41) is 30.7. The lowest BCUT2D eigenvalue weighted by molar-refractivity contribution is -0.145. The lowest BCUT2D eigenvalue weighted by atomic mass is 9.95. The molecule has 10 heteroatoms. The molecule has 0 bridgehead atoms. The molecule has 0 radical (unpaired) electrons. The van der Waals surface area contributed by atoms with Crippen molar-refractivity contribution in [1.82, 2.24) is 10.6 Å². The SMILES string of the molecule is C[C@@](C=O)(CCC(=O)O)NC(=O)N[C@@](C)(CCC(=O)O)C(=O)O. The molecule has 0 saturated heterocycles. The number of hydrogen-bond acceptors (Lipinski definition) is 5. The molecule has 0 aromatic carbocycles. The molecule has 0 aromatic rings. The molecular weight excluding hydrogens is 312 g/mol. The summed E-state index contributed by atoms with van der Waals surface area (Å²) in [4.78, 5) is 55.3. The van der Waals surface area contributed by atoms with Gasteiger partial charge in [-0.15, -0.1) is 0 Å². The number of carboxylic acid groups (broad SMARTS) is 3. The van der Waals surface area contributed by atoms with Crippen molar-refractivity contribution in [3.63, 3.8) is 0 Å². The zero-order valence-corrected chi connectivity index (χ0v) is 12.8. The van der Waals surface area contributed by atoms with Crippen LogP contribution in [-0.2, 0) is 19.2 Å². The van der Waals surface area contributed by atoms with Crippen molar-refractivity contribution in [2.45, 2.75) is 50.6 Å². The number of carboxylic acids is 3. The van der Waals surface area contributed by atoms with Crippen molar-refractivity contribution in [1.29, 1.82) is 0 Å². The number of aliphatic carboxylic acids is 3. The van der Waals surface area contributed by atoms with Crippen LogP contribution >= 0.6 is 0 Å². The average Bonchev–Trinajstić information content (AvgIpc) is 2.42. The summed E-state index contributed by atoms with van der Waals surface area (Å²) in [6, 6.07) is -1.01. The smallest absolute Gasteiger partial charge is 0.329 e. The number of hydrogen-bond donors (Lipinski definition) is 5. The van der Waals surface area contributed by atoms with Crippen molar-refractivity contribution in [3.05, 3.63) is 0 Å². The van der Waals surface area contributed by atoms with E-state index < -0.39 is 41.4 Å². The van der Waals surface area contributed by atoms with Gasteiger partial charge in [-0.1, -0.05) is 0 Å². The quantitative estimate of drug-likeness (QED) is 0.343. The van der Waals surface area contributed by atoms with Crippen LogP contribution in [0.1, 0.15) is 39.5 Å². The first kappa shape index (κ1) is 20.3. The molecule has 5 N–H and O–H groups in total. The van der Waals surface area contributed by atoms with E-state index >= 15 is 0 Å². The lowest BCUT2D eigenvalue weighted by Gasteiger charge is -2.29. The number of urea groups is 1. The monoisotopic (exact) mass is 332 g/mol. The fourth-order valence-corrected chi connectivity index (χ4v) is 1.64. The van der Waals surface area contributed by atoms with Crippen molar-refractivity contribution >= 4 is 30.2 Å². The summed E-state index contributed by atoms with van der Waals surface area (Å²) >= 11 is 0. The topological polar surface area (TPSA) is 170 Å². The van der Waals surface area contributed by atoms with E-state index in [2.05, 4.69) is 10.6 Å². The van der Waals surface area contributed by atoms with E-state index in [1.807, 2.05) is 0 Å². The predicted molar refractivity (Wildman–Crippen MR) is 75.9 cm³/mol. The maximum absolute atomic E-state index is 11.9. The minimum absolute atomic E-state index is 0.182. The highest BCUT2D eigenvalue weighted by atomic mass is 16.4.